The Morgan fingerprint density at radius 3 is 2.47 bits per heavy atom. The number of ether oxygens (including phenoxy) is 1. The molecule has 0 radical (unpaired) electrons. The van der Waals surface area contributed by atoms with Crippen LogP contribution in [0.1, 0.15) is 26.3 Å². The number of amides is 1. The Hall–Kier alpha value is -1.49. The highest BCUT2D eigenvalue weighted by Crippen LogP contribution is 2.16. The molecule has 0 saturated heterocycles. The summed E-state index contributed by atoms with van der Waals surface area (Å²) in [5.41, 5.74) is 1.77. The minimum Gasteiger partial charge on any atom is -0.447 e. The molecule has 1 rings (SSSR count). The van der Waals surface area contributed by atoms with E-state index in [1.165, 1.54) is 0 Å². The van der Waals surface area contributed by atoms with Gasteiger partial charge in [-0.1, -0.05) is 19.1 Å². The third-order valence-corrected chi connectivity index (χ3v) is 3.19. The van der Waals surface area contributed by atoms with Gasteiger partial charge in [-0.15, -0.1) is 11.8 Å². The van der Waals surface area contributed by atoms with E-state index >= 15 is 0 Å². The van der Waals surface area contributed by atoms with Crippen molar-refractivity contribution < 1.29 is 9.53 Å². The second kappa shape index (κ2) is 7.84. The zero-order chi connectivity index (χ0) is 14.3. The van der Waals surface area contributed by atoms with Gasteiger partial charge in [0.05, 0.1) is 11.1 Å². The normalized spacial score (nSPS) is 11.5. The van der Waals surface area contributed by atoms with Gasteiger partial charge in [-0.05, 0) is 31.7 Å². The van der Waals surface area contributed by atoms with Crippen LogP contribution < -0.4 is 5.32 Å². The summed E-state index contributed by atoms with van der Waals surface area (Å²) in [5, 5.41) is 3.68. The summed E-state index contributed by atoms with van der Waals surface area (Å²) in [4.78, 5) is 15.7. The number of nitrogens with zero attached hydrogens (tertiary/aromatic N) is 1. The van der Waals surface area contributed by atoms with Gasteiger partial charge in [0.15, 0.2) is 0 Å². The van der Waals surface area contributed by atoms with Crippen LogP contribution in [0.25, 0.3) is 0 Å². The maximum atomic E-state index is 11.4. The summed E-state index contributed by atoms with van der Waals surface area (Å²) in [5.74, 6) is 0.980. The predicted octanol–water partition coefficient (Wildman–Crippen LogP) is 3.77. The molecule has 1 N–H and O–H groups in total. The van der Waals surface area contributed by atoms with Crippen LogP contribution in [-0.4, -0.2) is 30.0 Å². The van der Waals surface area contributed by atoms with Crippen molar-refractivity contribution >= 4 is 28.6 Å². The summed E-state index contributed by atoms with van der Waals surface area (Å²) in [6, 6.07) is 7.57. The molecule has 0 saturated carbocycles. The number of anilines is 1. The first kappa shape index (κ1) is 15.6. The van der Waals surface area contributed by atoms with Crippen molar-refractivity contribution in [3.05, 3.63) is 29.8 Å². The summed E-state index contributed by atoms with van der Waals surface area (Å²) in [6.07, 6.45) is -0.561. The van der Waals surface area contributed by atoms with Crippen molar-refractivity contribution in [3.63, 3.8) is 0 Å². The van der Waals surface area contributed by atoms with Gasteiger partial charge in [0.1, 0.15) is 0 Å². The molecule has 0 bridgehead atoms. The van der Waals surface area contributed by atoms with Gasteiger partial charge in [-0.2, -0.15) is 0 Å². The largest absolute Gasteiger partial charge is 0.447 e. The molecule has 5 heteroatoms. The molecule has 19 heavy (non-hydrogen) atoms. The van der Waals surface area contributed by atoms with Crippen LogP contribution >= 0.6 is 11.8 Å². The van der Waals surface area contributed by atoms with Gasteiger partial charge < -0.3 is 4.74 Å². The summed E-state index contributed by atoms with van der Waals surface area (Å²) in [7, 11) is 1.78. The van der Waals surface area contributed by atoms with Crippen molar-refractivity contribution in [1.29, 1.82) is 0 Å². The molecule has 0 aliphatic carbocycles. The number of hydrogen-bond donors (Lipinski definition) is 1. The number of aliphatic imine (C=N–C) groups is 1. The molecule has 104 valence electrons. The first-order valence-electron chi connectivity index (χ1n) is 6.24. The van der Waals surface area contributed by atoms with Crippen LogP contribution in [0.5, 0.6) is 0 Å². The molecule has 0 unspecified atom stereocenters. The molecule has 4 nitrogen and oxygen atoms in total. The van der Waals surface area contributed by atoms with Gasteiger partial charge in [-0.25, -0.2) is 4.79 Å². The standard InChI is InChI=1S/C14H20N2O2S/c1-5-19-13(15-4)11-6-8-12(9-7-11)16-14(17)18-10(2)3/h6-10H,5H2,1-4H3,(H,16,17)/b15-13-. The smallest absolute Gasteiger partial charge is 0.411 e. The lowest BCUT2D eigenvalue weighted by molar-refractivity contribution is 0.130. The first-order valence-corrected chi connectivity index (χ1v) is 7.23. The lowest BCUT2D eigenvalue weighted by atomic mass is 10.2. The SMILES string of the molecule is CCS/C(=N\C)c1ccc(NC(=O)OC(C)C)cc1. The van der Waals surface area contributed by atoms with Crippen LogP contribution in [0.15, 0.2) is 29.3 Å². The molecule has 1 aromatic rings. The zero-order valence-corrected chi connectivity index (χ0v) is 12.6. The minimum absolute atomic E-state index is 0.126. The van der Waals surface area contributed by atoms with Crippen molar-refractivity contribution in [2.75, 3.05) is 18.1 Å². The maximum absolute atomic E-state index is 11.4. The third-order valence-electron chi connectivity index (χ3n) is 2.21. The van der Waals surface area contributed by atoms with E-state index in [-0.39, 0.29) is 6.10 Å². The number of benzene rings is 1. The van der Waals surface area contributed by atoms with E-state index in [1.807, 2.05) is 38.1 Å². The Labute approximate surface area is 118 Å². The quantitative estimate of drug-likeness (QED) is 0.674. The minimum atomic E-state index is -0.435. The summed E-state index contributed by atoms with van der Waals surface area (Å²) < 4.78 is 5.01. The summed E-state index contributed by atoms with van der Waals surface area (Å²) in [6.45, 7) is 5.72. The lowest BCUT2D eigenvalue weighted by Crippen LogP contribution is -2.17. The fourth-order valence-electron chi connectivity index (χ4n) is 1.47. The van der Waals surface area contributed by atoms with Crippen LogP contribution in [0.4, 0.5) is 10.5 Å². The average molecular weight is 280 g/mol. The van der Waals surface area contributed by atoms with E-state index < -0.39 is 6.09 Å². The van der Waals surface area contributed by atoms with Crippen LogP contribution in [0.2, 0.25) is 0 Å². The van der Waals surface area contributed by atoms with Gasteiger partial charge in [-0.3, -0.25) is 10.3 Å². The van der Waals surface area contributed by atoms with Gasteiger partial charge >= 0.3 is 6.09 Å². The molecule has 1 amide bonds. The van der Waals surface area contributed by atoms with E-state index in [1.54, 1.807) is 18.8 Å². The van der Waals surface area contributed by atoms with E-state index in [0.29, 0.717) is 5.69 Å². The van der Waals surface area contributed by atoms with Crippen molar-refractivity contribution in [3.8, 4) is 0 Å². The second-order valence-electron chi connectivity index (χ2n) is 4.12. The van der Waals surface area contributed by atoms with Crippen LogP contribution in [0, 0.1) is 0 Å². The number of thioether (sulfide) groups is 1. The fraction of sp³-hybridized carbons (Fsp3) is 0.429. The van der Waals surface area contributed by atoms with Gasteiger partial charge in [0.25, 0.3) is 0 Å². The Balaban J connectivity index is 2.68. The van der Waals surface area contributed by atoms with Crippen molar-refractivity contribution in [1.82, 2.24) is 0 Å². The highest BCUT2D eigenvalue weighted by molar-refractivity contribution is 8.14. The molecule has 0 heterocycles. The monoisotopic (exact) mass is 280 g/mol. The highest BCUT2D eigenvalue weighted by Gasteiger charge is 2.06. The van der Waals surface area contributed by atoms with Crippen LogP contribution in [-0.2, 0) is 4.74 Å². The van der Waals surface area contributed by atoms with Gasteiger partial charge in [0, 0.05) is 18.3 Å². The third kappa shape index (κ3) is 5.34. The average Bonchev–Trinajstić information content (AvgIpc) is 2.36. The Kier molecular flexibility index (Phi) is 6.42. The topological polar surface area (TPSA) is 50.7 Å². The number of rotatable bonds is 4. The molecule has 0 aliphatic heterocycles. The maximum Gasteiger partial charge on any atom is 0.411 e. The number of carbonyl (C=O) groups is 1. The van der Waals surface area contributed by atoms with Gasteiger partial charge in [0.2, 0.25) is 0 Å². The Morgan fingerprint density at radius 1 is 1.37 bits per heavy atom. The number of hydrogen-bond acceptors (Lipinski definition) is 4. The first-order chi connectivity index (χ1) is 9.06. The van der Waals surface area contributed by atoms with E-state index in [9.17, 15) is 4.79 Å². The molecule has 0 aromatic heterocycles. The lowest BCUT2D eigenvalue weighted by Gasteiger charge is -2.10. The molecule has 0 atom stereocenters. The zero-order valence-electron chi connectivity index (χ0n) is 11.8. The van der Waals surface area contributed by atoms with Crippen molar-refractivity contribution in [2.45, 2.75) is 26.9 Å². The molecule has 0 aliphatic rings. The van der Waals surface area contributed by atoms with E-state index in [2.05, 4.69) is 17.2 Å². The number of nitrogens with one attached hydrogen (secondary N) is 1. The van der Waals surface area contributed by atoms with E-state index in [4.69, 9.17) is 4.74 Å². The predicted molar refractivity (Wildman–Crippen MR) is 82.3 cm³/mol. The molecular weight excluding hydrogens is 260 g/mol. The number of carbonyl (C=O) groups excluding carboxylic acids is 1. The molecule has 1 aromatic carbocycles. The van der Waals surface area contributed by atoms with E-state index in [0.717, 1.165) is 16.4 Å². The second-order valence-corrected chi connectivity index (χ2v) is 5.37. The van der Waals surface area contributed by atoms with Crippen molar-refractivity contribution in [2.24, 2.45) is 4.99 Å². The van der Waals surface area contributed by atoms with Crippen LogP contribution in [0.3, 0.4) is 0 Å². The summed E-state index contributed by atoms with van der Waals surface area (Å²) >= 11 is 1.70. The molecule has 0 spiro atoms. The Morgan fingerprint density at radius 2 is 2.00 bits per heavy atom. The fourth-order valence-corrected chi connectivity index (χ4v) is 2.18. The Bertz CT molecular complexity index is 441. The molecule has 0 fully saturated rings. The molecular formula is C14H20N2O2S. The highest BCUT2D eigenvalue weighted by atomic mass is 32.2.